The van der Waals surface area contributed by atoms with Crippen LogP contribution in [-0.4, -0.2) is 45.7 Å². The summed E-state index contributed by atoms with van der Waals surface area (Å²) in [7, 11) is 0. The molecule has 4 aromatic rings. The normalized spacial score (nSPS) is 15.1. The minimum absolute atomic E-state index is 0.0282. The molecule has 1 fully saturated rings. The number of furan rings is 1. The van der Waals surface area contributed by atoms with Gasteiger partial charge in [-0.2, -0.15) is 13.2 Å². The smallest absolute Gasteiger partial charge is 0.420 e. The Morgan fingerprint density at radius 1 is 1.20 bits per heavy atom. The Morgan fingerprint density at radius 3 is 2.59 bits per heavy atom. The maximum Gasteiger partial charge on any atom is 0.420 e. The summed E-state index contributed by atoms with van der Waals surface area (Å²) in [5.74, 6) is 0.547. The van der Waals surface area contributed by atoms with Crippen LogP contribution in [0.1, 0.15) is 40.6 Å². The molecule has 4 heterocycles. The van der Waals surface area contributed by atoms with Crippen molar-refractivity contribution in [1.82, 2.24) is 20.2 Å². The third-order valence-corrected chi connectivity index (χ3v) is 6.58. The Balaban J connectivity index is 0.000000328. The number of amides is 2. The quantitative estimate of drug-likeness (QED) is 0.215. The highest BCUT2D eigenvalue weighted by atomic mass is 35.5. The van der Waals surface area contributed by atoms with E-state index in [-0.39, 0.29) is 45.8 Å². The second-order valence-electron chi connectivity index (χ2n) is 9.24. The lowest BCUT2D eigenvalue weighted by Crippen LogP contribution is -2.28. The Hall–Kier alpha value is -4.38. The van der Waals surface area contributed by atoms with Gasteiger partial charge in [-0.05, 0) is 61.4 Å². The van der Waals surface area contributed by atoms with Crippen LogP contribution in [-0.2, 0) is 17.5 Å². The van der Waals surface area contributed by atoms with E-state index in [9.17, 15) is 22.8 Å². The average Bonchev–Trinajstić information content (AvgIpc) is 3.58. The number of rotatable bonds is 6. The lowest BCUT2D eigenvalue weighted by atomic mass is 10.0. The Kier molecular flexibility index (Phi) is 9.28. The van der Waals surface area contributed by atoms with Gasteiger partial charge in [0, 0.05) is 36.4 Å². The first kappa shape index (κ1) is 29.6. The van der Waals surface area contributed by atoms with E-state index in [1.54, 1.807) is 23.2 Å². The highest BCUT2D eigenvalue weighted by Crippen LogP contribution is 2.39. The van der Waals surface area contributed by atoms with Gasteiger partial charge in [-0.3, -0.25) is 14.6 Å². The SMILES string of the molecule is C/C=C/c1ccc(N)nc1.O=CNCc1cc2cc(-c3ccc(C(=O)N4CCC(Cl)C4)cn3)cc(C(F)(F)F)c2o1. The number of aromatic nitrogens is 2. The number of benzene rings is 1. The van der Waals surface area contributed by atoms with Gasteiger partial charge in [0.2, 0.25) is 6.41 Å². The van der Waals surface area contributed by atoms with E-state index in [1.165, 1.54) is 24.4 Å². The van der Waals surface area contributed by atoms with E-state index in [2.05, 4.69) is 15.3 Å². The zero-order valence-electron chi connectivity index (χ0n) is 22.0. The van der Waals surface area contributed by atoms with E-state index >= 15 is 0 Å². The standard InChI is InChI=1S/C21H17ClF3N3O3.C8H10N2/c22-15-3-4-28(10-15)20(30)12-1-2-18(27-8-12)13-5-14-6-16(9-26-11-29)31-19(14)17(7-13)21(23,24)25;1-2-3-7-4-5-8(9)10-6-7/h1-2,5-8,11,15H,3-4,9-10H2,(H,26,29);2-6H,1H3,(H2,9,10)/b;3-2+. The number of nitrogen functional groups attached to an aromatic ring is 1. The molecule has 1 saturated heterocycles. The van der Waals surface area contributed by atoms with Gasteiger partial charge in [-0.25, -0.2) is 4.98 Å². The van der Waals surface area contributed by atoms with Crippen LogP contribution >= 0.6 is 11.6 Å². The molecule has 2 amide bonds. The number of likely N-dealkylation sites (tertiary alicyclic amines) is 1. The predicted octanol–water partition coefficient (Wildman–Crippen LogP) is 5.91. The zero-order chi connectivity index (χ0) is 29.6. The first-order chi connectivity index (χ1) is 19.6. The number of nitrogens with zero attached hydrogens (tertiary/aromatic N) is 3. The summed E-state index contributed by atoms with van der Waals surface area (Å²) in [6, 6.07) is 10.7. The minimum atomic E-state index is -4.65. The van der Waals surface area contributed by atoms with Crippen LogP contribution in [0, 0.1) is 0 Å². The highest BCUT2D eigenvalue weighted by molar-refractivity contribution is 6.21. The Labute approximate surface area is 239 Å². The lowest BCUT2D eigenvalue weighted by Gasteiger charge is -2.15. The van der Waals surface area contributed by atoms with Crippen LogP contribution in [0.25, 0.3) is 28.3 Å². The van der Waals surface area contributed by atoms with Gasteiger partial charge >= 0.3 is 6.18 Å². The lowest BCUT2D eigenvalue weighted by molar-refractivity contribution is -0.136. The summed E-state index contributed by atoms with van der Waals surface area (Å²) in [4.78, 5) is 32.7. The molecule has 1 unspecified atom stereocenters. The van der Waals surface area contributed by atoms with E-state index in [4.69, 9.17) is 21.8 Å². The molecular weight excluding hydrogens is 559 g/mol. The maximum absolute atomic E-state index is 13.6. The molecule has 1 aromatic carbocycles. The van der Waals surface area contributed by atoms with E-state index in [0.29, 0.717) is 37.3 Å². The molecule has 1 aliphatic rings. The summed E-state index contributed by atoms with van der Waals surface area (Å²) in [5.41, 5.74) is 6.08. The molecule has 3 N–H and O–H groups in total. The maximum atomic E-state index is 13.6. The van der Waals surface area contributed by atoms with Crippen LogP contribution in [0.2, 0.25) is 0 Å². The summed E-state index contributed by atoms with van der Waals surface area (Å²) >= 11 is 6.04. The molecule has 214 valence electrons. The number of hydrogen-bond acceptors (Lipinski definition) is 6. The topological polar surface area (TPSA) is 114 Å². The molecule has 0 bridgehead atoms. The number of nitrogens with one attached hydrogen (secondary N) is 1. The third-order valence-electron chi connectivity index (χ3n) is 6.22. The number of allylic oxidation sites excluding steroid dienone is 1. The van der Waals surface area contributed by atoms with E-state index < -0.39 is 11.7 Å². The number of pyridine rings is 2. The molecular formula is C29H27ClF3N5O3. The van der Waals surface area contributed by atoms with E-state index in [1.807, 2.05) is 25.1 Å². The summed E-state index contributed by atoms with van der Waals surface area (Å²) in [5, 5.41) is 2.52. The Bertz CT molecular complexity index is 1540. The fourth-order valence-corrected chi connectivity index (χ4v) is 4.54. The average molecular weight is 586 g/mol. The van der Waals surface area contributed by atoms with Crippen LogP contribution in [0.15, 0.2) is 65.4 Å². The number of halogens is 4. The third kappa shape index (κ3) is 7.43. The number of nitrogens with two attached hydrogens (primary N) is 1. The van der Waals surface area contributed by atoms with Crippen molar-refractivity contribution >= 4 is 46.8 Å². The first-order valence-electron chi connectivity index (χ1n) is 12.6. The predicted molar refractivity (Wildman–Crippen MR) is 151 cm³/mol. The molecule has 41 heavy (non-hydrogen) atoms. The largest absolute Gasteiger partial charge is 0.459 e. The van der Waals surface area contributed by atoms with Crippen LogP contribution in [0.4, 0.5) is 19.0 Å². The molecule has 0 radical (unpaired) electrons. The molecule has 8 nitrogen and oxygen atoms in total. The second kappa shape index (κ2) is 12.9. The van der Waals surface area contributed by atoms with Gasteiger partial charge in [-0.1, -0.05) is 12.2 Å². The van der Waals surface area contributed by atoms with Crippen molar-refractivity contribution < 1.29 is 27.2 Å². The number of hydrogen-bond donors (Lipinski definition) is 2. The summed E-state index contributed by atoms with van der Waals surface area (Å²) in [6.07, 6.45) is 3.55. The molecule has 3 aromatic heterocycles. The molecule has 0 aliphatic carbocycles. The molecule has 1 atom stereocenters. The number of carbonyl (C=O) groups is 2. The Morgan fingerprint density at radius 2 is 2.00 bits per heavy atom. The van der Waals surface area contributed by atoms with Crippen molar-refractivity contribution in [2.24, 2.45) is 0 Å². The van der Waals surface area contributed by atoms with Gasteiger partial charge in [0.1, 0.15) is 17.2 Å². The number of carbonyl (C=O) groups excluding carboxylic acids is 2. The van der Waals surface area contributed by atoms with Gasteiger partial charge in [-0.15, -0.1) is 11.6 Å². The van der Waals surface area contributed by atoms with Crippen LogP contribution in [0.3, 0.4) is 0 Å². The van der Waals surface area contributed by atoms with Crippen LogP contribution < -0.4 is 11.1 Å². The second-order valence-corrected chi connectivity index (χ2v) is 9.85. The number of fused-ring (bicyclic) bond motifs is 1. The van der Waals surface area contributed by atoms with Crippen molar-refractivity contribution in [3.63, 3.8) is 0 Å². The van der Waals surface area contributed by atoms with Crippen molar-refractivity contribution in [3.8, 4) is 11.3 Å². The monoisotopic (exact) mass is 585 g/mol. The van der Waals surface area contributed by atoms with E-state index in [0.717, 1.165) is 11.6 Å². The van der Waals surface area contributed by atoms with Crippen molar-refractivity contribution in [3.05, 3.63) is 83.4 Å². The summed E-state index contributed by atoms with van der Waals surface area (Å²) < 4.78 is 46.2. The minimum Gasteiger partial charge on any atom is -0.459 e. The number of anilines is 1. The van der Waals surface area contributed by atoms with Gasteiger partial charge in [0.25, 0.3) is 5.91 Å². The zero-order valence-corrected chi connectivity index (χ0v) is 22.7. The highest BCUT2D eigenvalue weighted by Gasteiger charge is 2.35. The molecule has 5 rings (SSSR count). The fraction of sp³-hybridized carbons (Fsp3) is 0.241. The van der Waals surface area contributed by atoms with Gasteiger partial charge in [0.15, 0.2) is 0 Å². The van der Waals surface area contributed by atoms with Crippen molar-refractivity contribution in [2.75, 3.05) is 18.8 Å². The molecule has 12 heteroatoms. The van der Waals surface area contributed by atoms with Crippen molar-refractivity contribution in [2.45, 2.75) is 31.4 Å². The van der Waals surface area contributed by atoms with Crippen LogP contribution in [0.5, 0.6) is 0 Å². The number of alkyl halides is 4. The molecule has 0 saturated carbocycles. The first-order valence-corrected chi connectivity index (χ1v) is 13.1. The molecule has 1 aliphatic heterocycles. The van der Waals surface area contributed by atoms with Gasteiger partial charge < -0.3 is 20.4 Å². The summed E-state index contributed by atoms with van der Waals surface area (Å²) in [6.45, 7) is 2.95. The van der Waals surface area contributed by atoms with Gasteiger partial charge in [0.05, 0.1) is 28.7 Å². The fourth-order valence-electron chi connectivity index (χ4n) is 4.28. The van der Waals surface area contributed by atoms with Crippen molar-refractivity contribution in [1.29, 1.82) is 0 Å². The molecule has 0 spiro atoms.